The number of morpholine rings is 1. The molecule has 4 N–H and O–H groups in total. The fraction of sp³-hybridized carbons (Fsp3) is 0.400. The van der Waals surface area contributed by atoms with Crippen LogP contribution in [0.25, 0.3) is 0 Å². The van der Waals surface area contributed by atoms with Gasteiger partial charge in [-0.05, 0) is 12.1 Å². The minimum atomic E-state index is -3.98. The van der Waals surface area contributed by atoms with Crippen LogP contribution in [0.4, 0.5) is 11.4 Å². The number of benzene rings is 1. The summed E-state index contributed by atoms with van der Waals surface area (Å²) in [6.07, 6.45) is -0.414. The number of nitrogens with one attached hydrogen (secondary N) is 2. The number of hydrogen-bond donors (Lipinski definition) is 3. The Labute approximate surface area is 115 Å². The van der Waals surface area contributed by atoms with Crippen LogP contribution in [0.2, 0.25) is 0 Å². The summed E-state index contributed by atoms with van der Waals surface area (Å²) in [5.41, 5.74) is -0.193. The molecule has 1 fully saturated rings. The highest BCUT2D eigenvalue weighted by molar-refractivity contribution is 7.89. The van der Waals surface area contributed by atoms with Gasteiger partial charge in [0.05, 0.1) is 16.4 Å². The molecule has 0 spiro atoms. The van der Waals surface area contributed by atoms with Crippen molar-refractivity contribution in [2.24, 2.45) is 5.14 Å². The van der Waals surface area contributed by atoms with E-state index in [1.54, 1.807) is 0 Å². The molecule has 0 aromatic heterocycles. The Kier molecular flexibility index (Phi) is 4.18. The molecule has 0 saturated carbocycles. The molecule has 1 aromatic carbocycles. The Hall–Kier alpha value is -1.75. The molecule has 0 bridgehead atoms. The van der Waals surface area contributed by atoms with E-state index in [0.29, 0.717) is 19.7 Å². The lowest BCUT2D eigenvalue weighted by molar-refractivity contribution is -0.384. The van der Waals surface area contributed by atoms with Crippen molar-refractivity contribution in [2.45, 2.75) is 11.1 Å². The first-order valence-corrected chi connectivity index (χ1v) is 7.32. The number of sulfonamides is 1. The van der Waals surface area contributed by atoms with Crippen molar-refractivity contribution in [1.82, 2.24) is 5.32 Å². The second kappa shape index (κ2) is 5.71. The van der Waals surface area contributed by atoms with E-state index in [9.17, 15) is 18.5 Å². The summed E-state index contributed by atoms with van der Waals surface area (Å²) in [5, 5.41) is 21.9. The molecule has 2 rings (SSSR count). The fourth-order valence-corrected chi connectivity index (χ4v) is 2.33. The highest BCUT2D eigenvalue weighted by atomic mass is 32.2. The van der Waals surface area contributed by atoms with E-state index in [0.717, 1.165) is 6.07 Å². The van der Waals surface area contributed by atoms with Crippen LogP contribution in [0.5, 0.6) is 0 Å². The number of primary sulfonamides is 1. The van der Waals surface area contributed by atoms with Crippen molar-refractivity contribution in [3.05, 3.63) is 28.3 Å². The SMILES string of the molecule is NS(=O)(=O)c1ccc(NC2CNCCO2)c([N+](=O)[O-])c1. The summed E-state index contributed by atoms with van der Waals surface area (Å²) in [6, 6.07) is 3.44. The normalized spacial score (nSPS) is 19.6. The standard InChI is InChI=1S/C10H14N4O5S/c11-20(17,18)7-1-2-8(9(5-7)14(15)16)13-10-6-12-3-4-19-10/h1-2,5,10,12-13H,3-4,6H2,(H2,11,17,18). The van der Waals surface area contributed by atoms with Crippen molar-refractivity contribution in [3.8, 4) is 0 Å². The Balaban J connectivity index is 2.30. The van der Waals surface area contributed by atoms with Gasteiger partial charge in [-0.1, -0.05) is 0 Å². The molecule has 110 valence electrons. The van der Waals surface area contributed by atoms with E-state index in [4.69, 9.17) is 9.88 Å². The van der Waals surface area contributed by atoms with Crippen molar-refractivity contribution in [2.75, 3.05) is 25.0 Å². The van der Waals surface area contributed by atoms with Gasteiger partial charge in [-0.2, -0.15) is 0 Å². The van der Waals surface area contributed by atoms with Crippen LogP contribution >= 0.6 is 0 Å². The second-order valence-corrected chi connectivity index (χ2v) is 5.75. The number of anilines is 1. The molecule has 1 unspecified atom stereocenters. The van der Waals surface area contributed by atoms with E-state index in [1.165, 1.54) is 12.1 Å². The van der Waals surface area contributed by atoms with Crippen molar-refractivity contribution < 1.29 is 18.1 Å². The van der Waals surface area contributed by atoms with Gasteiger partial charge in [0.25, 0.3) is 5.69 Å². The van der Waals surface area contributed by atoms with Crippen LogP contribution in [-0.4, -0.2) is 39.3 Å². The highest BCUT2D eigenvalue weighted by Crippen LogP contribution is 2.27. The summed E-state index contributed by atoms with van der Waals surface area (Å²) in [4.78, 5) is 10.0. The predicted octanol–water partition coefficient (Wildman–Crippen LogP) is -0.400. The quantitative estimate of drug-likeness (QED) is 0.508. The molecule has 1 heterocycles. The average molecular weight is 302 g/mol. The number of nitro benzene ring substituents is 1. The number of ether oxygens (including phenoxy) is 1. The summed E-state index contributed by atoms with van der Waals surface area (Å²) in [6.45, 7) is 1.69. The monoisotopic (exact) mass is 302 g/mol. The lowest BCUT2D eigenvalue weighted by Gasteiger charge is -2.25. The minimum absolute atomic E-state index is 0.177. The van der Waals surface area contributed by atoms with Crippen LogP contribution in [0.15, 0.2) is 23.1 Å². The largest absolute Gasteiger partial charge is 0.356 e. The van der Waals surface area contributed by atoms with Crippen molar-refractivity contribution in [1.29, 1.82) is 0 Å². The van der Waals surface area contributed by atoms with Gasteiger partial charge in [-0.3, -0.25) is 10.1 Å². The van der Waals surface area contributed by atoms with E-state index >= 15 is 0 Å². The third kappa shape index (κ3) is 3.42. The molecule has 1 aliphatic heterocycles. The van der Waals surface area contributed by atoms with Crippen LogP contribution in [0.1, 0.15) is 0 Å². The molecule has 1 aromatic rings. The van der Waals surface area contributed by atoms with Gasteiger partial charge in [-0.25, -0.2) is 13.6 Å². The van der Waals surface area contributed by atoms with Gasteiger partial charge in [0.15, 0.2) is 0 Å². The summed E-state index contributed by atoms with van der Waals surface area (Å²) in [5.74, 6) is 0. The summed E-state index contributed by atoms with van der Waals surface area (Å²) in [7, 11) is -3.98. The molecule has 0 amide bonds. The lowest BCUT2D eigenvalue weighted by Crippen LogP contribution is -2.42. The third-order valence-electron chi connectivity index (χ3n) is 2.74. The van der Waals surface area contributed by atoms with Crippen LogP contribution < -0.4 is 15.8 Å². The summed E-state index contributed by atoms with van der Waals surface area (Å²) >= 11 is 0. The highest BCUT2D eigenvalue weighted by Gasteiger charge is 2.22. The van der Waals surface area contributed by atoms with Gasteiger partial charge in [0.1, 0.15) is 11.9 Å². The Morgan fingerprint density at radius 2 is 2.25 bits per heavy atom. The number of hydrogen-bond acceptors (Lipinski definition) is 7. The maximum Gasteiger partial charge on any atom is 0.293 e. The smallest absolute Gasteiger partial charge is 0.293 e. The van der Waals surface area contributed by atoms with E-state index < -0.39 is 21.2 Å². The minimum Gasteiger partial charge on any atom is -0.356 e. The van der Waals surface area contributed by atoms with Crippen LogP contribution in [-0.2, 0) is 14.8 Å². The zero-order chi connectivity index (χ0) is 14.8. The maximum atomic E-state index is 11.2. The van der Waals surface area contributed by atoms with Crippen molar-refractivity contribution >= 4 is 21.4 Å². The zero-order valence-electron chi connectivity index (χ0n) is 10.4. The Bertz CT molecular complexity index is 612. The molecule has 20 heavy (non-hydrogen) atoms. The van der Waals surface area contributed by atoms with Crippen LogP contribution in [0.3, 0.4) is 0 Å². The van der Waals surface area contributed by atoms with Gasteiger partial charge in [0, 0.05) is 19.2 Å². The van der Waals surface area contributed by atoms with Gasteiger partial charge < -0.3 is 15.4 Å². The van der Waals surface area contributed by atoms with E-state index in [2.05, 4.69) is 10.6 Å². The third-order valence-corrected chi connectivity index (χ3v) is 3.65. The Morgan fingerprint density at radius 3 is 2.80 bits per heavy atom. The first-order chi connectivity index (χ1) is 9.38. The van der Waals surface area contributed by atoms with Gasteiger partial charge in [-0.15, -0.1) is 0 Å². The topological polar surface area (TPSA) is 137 Å². The molecule has 10 heteroatoms. The van der Waals surface area contributed by atoms with Gasteiger partial charge >= 0.3 is 0 Å². The predicted molar refractivity (Wildman–Crippen MR) is 70.7 cm³/mol. The fourth-order valence-electron chi connectivity index (χ4n) is 1.79. The molecular weight excluding hydrogens is 288 g/mol. The number of nitrogens with zero attached hydrogens (tertiary/aromatic N) is 1. The van der Waals surface area contributed by atoms with Crippen LogP contribution in [0, 0.1) is 10.1 Å². The number of rotatable bonds is 4. The number of nitrogens with two attached hydrogens (primary N) is 1. The molecule has 1 aliphatic rings. The van der Waals surface area contributed by atoms with Gasteiger partial charge in [0.2, 0.25) is 10.0 Å². The first kappa shape index (κ1) is 14.7. The zero-order valence-corrected chi connectivity index (χ0v) is 11.2. The molecule has 9 nitrogen and oxygen atoms in total. The Morgan fingerprint density at radius 1 is 1.50 bits per heavy atom. The molecule has 0 radical (unpaired) electrons. The second-order valence-electron chi connectivity index (χ2n) is 4.19. The maximum absolute atomic E-state index is 11.2. The number of nitro groups is 1. The summed E-state index contributed by atoms with van der Waals surface area (Å²) < 4.78 is 27.8. The molecule has 1 atom stereocenters. The molecule has 1 saturated heterocycles. The average Bonchev–Trinajstić information content (AvgIpc) is 2.38. The van der Waals surface area contributed by atoms with Crippen molar-refractivity contribution in [3.63, 3.8) is 0 Å². The van der Waals surface area contributed by atoms with E-state index in [1.807, 2.05) is 0 Å². The molecule has 0 aliphatic carbocycles. The molecular formula is C10H14N4O5S. The van der Waals surface area contributed by atoms with E-state index in [-0.39, 0.29) is 16.3 Å². The first-order valence-electron chi connectivity index (χ1n) is 5.78. The lowest BCUT2D eigenvalue weighted by atomic mass is 10.2.